The van der Waals surface area contributed by atoms with Crippen LogP contribution in [0, 0.1) is 6.92 Å². The molecule has 7 heteroatoms. The number of amides is 1. The summed E-state index contributed by atoms with van der Waals surface area (Å²) < 4.78 is 1.25. The molecule has 152 valence electrons. The van der Waals surface area contributed by atoms with Crippen LogP contribution in [0.4, 0.5) is 0 Å². The Bertz CT molecular complexity index is 1250. The van der Waals surface area contributed by atoms with Crippen LogP contribution in [0.2, 0.25) is 0 Å². The van der Waals surface area contributed by atoms with Crippen molar-refractivity contribution in [1.82, 2.24) is 20.1 Å². The Morgan fingerprint density at radius 2 is 1.80 bits per heavy atom. The molecule has 4 rings (SSSR count). The van der Waals surface area contributed by atoms with E-state index < -0.39 is 0 Å². The number of rotatable bonds is 6. The molecule has 1 unspecified atom stereocenters. The van der Waals surface area contributed by atoms with E-state index in [2.05, 4.69) is 15.4 Å². The smallest absolute Gasteiger partial charge is 0.275 e. The molecule has 6 nitrogen and oxygen atoms in total. The molecule has 4 aromatic rings. The number of nitrogens with one attached hydrogen (secondary N) is 1. The Morgan fingerprint density at radius 1 is 1.10 bits per heavy atom. The SMILES string of the molecule is Cc1csc(C(C)CNC(=O)Cn2nc(-c3ccccc3)c3ccccc3c2=O)n1. The highest BCUT2D eigenvalue weighted by atomic mass is 32.1. The molecule has 2 aromatic carbocycles. The highest BCUT2D eigenvalue weighted by Gasteiger charge is 2.15. The van der Waals surface area contributed by atoms with Crippen molar-refractivity contribution in [1.29, 1.82) is 0 Å². The van der Waals surface area contributed by atoms with Crippen molar-refractivity contribution < 1.29 is 4.79 Å². The third-order valence-corrected chi connectivity index (χ3v) is 6.07. The second-order valence-corrected chi connectivity index (χ2v) is 8.14. The van der Waals surface area contributed by atoms with Crippen molar-refractivity contribution in [2.24, 2.45) is 0 Å². The van der Waals surface area contributed by atoms with Crippen molar-refractivity contribution in [2.45, 2.75) is 26.3 Å². The van der Waals surface area contributed by atoms with Crippen molar-refractivity contribution >= 4 is 28.0 Å². The van der Waals surface area contributed by atoms with Crippen molar-refractivity contribution in [3.63, 3.8) is 0 Å². The molecular formula is C23H22N4O2S. The van der Waals surface area contributed by atoms with E-state index >= 15 is 0 Å². The average molecular weight is 419 g/mol. The predicted molar refractivity (Wildman–Crippen MR) is 120 cm³/mol. The highest BCUT2D eigenvalue weighted by Crippen LogP contribution is 2.24. The molecule has 1 N–H and O–H groups in total. The first-order valence-corrected chi connectivity index (χ1v) is 10.6. The van der Waals surface area contributed by atoms with Crippen LogP contribution in [0.15, 0.2) is 64.8 Å². The summed E-state index contributed by atoms with van der Waals surface area (Å²) in [5.74, 6) is -0.146. The van der Waals surface area contributed by atoms with Crippen LogP contribution in [0.5, 0.6) is 0 Å². The number of benzene rings is 2. The first kappa shape index (κ1) is 20.0. The maximum atomic E-state index is 12.9. The molecule has 0 aliphatic rings. The Hall–Kier alpha value is -3.32. The van der Waals surface area contributed by atoms with E-state index in [0.29, 0.717) is 17.6 Å². The number of nitrogens with zero attached hydrogens (tertiary/aromatic N) is 3. The standard InChI is InChI=1S/C23H22N4O2S/c1-15(22-25-16(2)14-30-22)12-24-20(28)13-27-23(29)19-11-7-6-10-18(19)21(26-27)17-8-4-3-5-9-17/h3-11,14-15H,12-13H2,1-2H3,(H,24,28). The van der Waals surface area contributed by atoms with Crippen LogP contribution in [0.25, 0.3) is 22.0 Å². The zero-order valence-electron chi connectivity index (χ0n) is 16.8. The molecule has 0 saturated carbocycles. The third kappa shape index (κ3) is 4.16. The second kappa shape index (κ2) is 8.59. The maximum absolute atomic E-state index is 12.9. The molecule has 0 radical (unpaired) electrons. The number of hydrogen-bond acceptors (Lipinski definition) is 5. The Morgan fingerprint density at radius 3 is 2.50 bits per heavy atom. The van der Waals surface area contributed by atoms with Crippen LogP contribution < -0.4 is 10.9 Å². The van der Waals surface area contributed by atoms with Gasteiger partial charge in [-0.2, -0.15) is 5.10 Å². The molecule has 0 aliphatic carbocycles. The first-order valence-electron chi connectivity index (χ1n) is 9.77. The molecule has 2 heterocycles. The van der Waals surface area contributed by atoms with Gasteiger partial charge >= 0.3 is 0 Å². The monoisotopic (exact) mass is 418 g/mol. The number of aromatic nitrogens is 3. The minimum Gasteiger partial charge on any atom is -0.354 e. The average Bonchev–Trinajstić information content (AvgIpc) is 3.21. The molecule has 0 fully saturated rings. The normalized spacial score (nSPS) is 12.1. The number of aryl methyl sites for hydroxylation is 1. The van der Waals surface area contributed by atoms with Gasteiger partial charge in [-0.3, -0.25) is 9.59 Å². The lowest BCUT2D eigenvalue weighted by atomic mass is 10.1. The fourth-order valence-corrected chi connectivity index (χ4v) is 4.15. The molecular weight excluding hydrogens is 396 g/mol. The Balaban J connectivity index is 1.59. The van der Waals surface area contributed by atoms with Crippen LogP contribution in [-0.4, -0.2) is 27.2 Å². The van der Waals surface area contributed by atoms with E-state index in [-0.39, 0.29) is 23.9 Å². The van der Waals surface area contributed by atoms with Gasteiger partial charge in [0.05, 0.1) is 16.1 Å². The van der Waals surface area contributed by atoms with Gasteiger partial charge in [0.2, 0.25) is 5.91 Å². The van der Waals surface area contributed by atoms with E-state index in [1.165, 1.54) is 4.68 Å². The van der Waals surface area contributed by atoms with Gasteiger partial charge in [0.25, 0.3) is 5.56 Å². The summed E-state index contributed by atoms with van der Waals surface area (Å²) in [5, 5.41) is 11.7. The van der Waals surface area contributed by atoms with Crippen molar-refractivity contribution in [3.8, 4) is 11.3 Å². The minimum absolute atomic E-state index is 0.105. The van der Waals surface area contributed by atoms with Gasteiger partial charge in [-0.25, -0.2) is 9.67 Å². The summed E-state index contributed by atoms with van der Waals surface area (Å²) in [5.41, 5.74) is 2.29. The van der Waals surface area contributed by atoms with E-state index in [1.807, 2.05) is 67.8 Å². The molecule has 0 saturated heterocycles. The lowest BCUT2D eigenvalue weighted by Gasteiger charge is -2.13. The van der Waals surface area contributed by atoms with E-state index in [9.17, 15) is 9.59 Å². The van der Waals surface area contributed by atoms with Gasteiger partial charge < -0.3 is 5.32 Å². The highest BCUT2D eigenvalue weighted by molar-refractivity contribution is 7.09. The van der Waals surface area contributed by atoms with Crippen LogP contribution in [0.1, 0.15) is 23.5 Å². The lowest BCUT2D eigenvalue weighted by molar-refractivity contribution is -0.121. The zero-order valence-corrected chi connectivity index (χ0v) is 17.6. The summed E-state index contributed by atoms with van der Waals surface area (Å²) in [6, 6.07) is 17.0. The third-order valence-electron chi connectivity index (χ3n) is 4.87. The van der Waals surface area contributed by atoms with Gasteiger partial charge in [0.15, 0.2) is 0 Å². The summed E-state index contributed by atoms with van der Waals surface area (Å²) in [4.78, 5) is 29.9. The summed E-state index contributed by atoms with van der Waals surface area (Å²) in [6.07, 6.45) is 0. The number of thiazole rings is 1. The number of fused-ring (bicyclic) bond motifs is 1. The lowest BCUT2D eigenvalue weighted by Crippen LogP contribution is -2.35. The molecule has 0 bridgehead atoms. The second-order valence-electron chi connectivity index (χ2n) is 7.26. The molecule has 1 atom stereocenters. The van der Waals surface area contributed by atoms with E-state index in [0.717, 1.165) is 21.7 Å². The van der Waals surface area contributed by atoms with Crippen LogP contribution >= 0.6 is 11.3 Å². The number of hydrogen-bond donors (Lipinski definition) is 1. The van der Waals surface area contributed by atoms with Gasteiger partial charge in [-0.05, 0) is 13.0 Å². The van der Waals surface area contributed by atoms with Crippen molar-refractivity contribution in [2.75, 3.05) is 6.54 Å². The number of carbonyl (C=O) groups is 1. The molecule has 2 aromatic heterocycles. The fraction of sp³-hybridized carbons (Fsp3) is 0.217. The fourth-order valence-electron chi connectivity index (χ4n) is 3.30. The van der Waals surface area contributed by atoms with Gasteiger partial charge in [-0.15, -0.1) is 11.3 Å². The molecule has 0 spiro atoms. The first-order chi connectivity index (χ1) is 14.5. The largest absolute Gasteiger partial charge is 0.354 e. The summed E-state index contributed by atoms with van der Waals surface area (Å²) >= 11 is 1.59. The maximum Gasteiger partial charge on any atom is 0.275 e. The van der Waals surface area contributed by atoms with Gasteiger partial charge in [0.1, 0.15) is 6.54 Å². The summed E-state index contributed by atoms with van der Waals surface area (Å²) in [6.45, 7) is 4.30. The van der Waals surface area contributed by atoms with Gasteiger partial charge in [0, 0.05) is 34.5 Å². The van der Waals surface area contributed by atoms with Crippen LogP contribution in [0.3, 0.4) is 0 Å². The van der Waals surface area contributed by atoms with Crippen LogP contribution in [-0.2, 0) is 11.3 Å². The quantitative estimate of drug-likeness (QED) is 0.517. The molecule has 30 heavy (non-hydrogen) atoms. The van der Waals surface area contributed by atoms with E-state index in [4.69, 9.17) is 0 Å². The zero-order chi connectivity index (χ0) is 21.1. The molecule has 0 aliphatic heterocycles. The number of carbonyl (C=O) groups excluding carboxylic acids is 1. The van der Waals surface area contributed by atoms with Gasteiger partial charge in [-0.1, -0.05) is 55.5 Å². The summed E-state index contributed by atoms with van der Waals surface area (Å²) in [7, 11) is 0. The minimum atomic E-state index is -0.274. The van der Waals surface area contributed by atoms with Crippen molar-refractivity contribution in [3.05, 3.63) is 81.0 Å². The Labute approximate surface area is 178 Å². The molecule has 1 amide bonds. The topological polar surface area (TPSA) is 76.9 Å². The predicted octanol–water partition coefficient (Wildman–Crippen LogP) is 3.75. The Kier molecular flexibility index (Phi) is 5.72. The van der Waals surface area contributed by atoms with E-state index in [1.54, 1.807) is 17.4 Å².